The second-order valence-corrected chi connectivity index (χ2v) is 7.08. The van der Waals surface area contributed by atoms with Gasteiger partial charge in [0.25, 0.3) is 0 Å². The Balaban J connectivity index is 0.000000231. The van der Waals surface area contributed by atoms with Gasteiger partial charge in [0, 0.05) is 23.3 Å². The van der Waals surface area contributed by atoms with E-state index in [0.29, 0.717) is 13.0 Å². The van der Waals surface area contributed by atoms with Crippen molar-refractivity contribution < 1.29 is 15.4 Å². The normalized spacial score (nSPS) is 13.5. The van der Waals surface area contributed by atoms with Crippen LogP contribution in [0.5, 0.6) is 0 Å². The van der Waals surface area contributed by atoms with Gasteiger partial charge in [0.2, 0.25) is 0 Å². The maximum Gasteiger partial charge on any atom is 0.0895 e. The quantitative estimate of drug-likeness (QED) is 0.546. The molecule has 0 aliphatic carbocycles. The molecule has 130 valence electrons. The fraction of sp³-hybridized carbons (Fsp3) is 0.500. The maximum absolute atomic E-state index is 9.53. The predicted molar refractivity (Wildman–Crippen MR) is 96.1 cm³/mol. The first-order chi connectivity index (χ1) is 11.0. The third kappa shape index (κ3) is 8.57. The van der Waals surface area contributed by atoms with E-state index >= 15 is 0 Å². The first kappa shape index (κ1) is 20.2. The summed E-state index contributed by atoms with van der Waals surface area (Å²) < 4.78 is 0. The van der Waals surface area contributed by atoms with Crippen molar-refractivity contribution in [2.75, 3.05) is 27.2 Å². The largest absolute Gasteiger partial charge is 0.388 e. The molecule has 0 saturated heterocycles. The van der Waals surface area contributed by atoms with Crippen LogP contribution in [0.15, 0.2) is 35.0 Å². The highest BCUT2D eigenvalue weighted by Gasteiger charge is 2.08. The monoisotopic (exact) mass is 358 g/mol. The summed E-state index contributed by atoms with van der Waals surface area (Å²) in [7, 11) is 3.46. The van der Waals surface area contributed by atoms with Crippen LogP contribution in [0.4, 0.5) is 0 Å². The summed E-state index contributed by atoms with van der Waals surface area (Å²) in [6.07, 6.45) is 0.617. The minimum absolute atomic E-state index is 0.289. The number of rotatable bonds is 8. The van der Waals surface area contributed by atoms with Crippen LogP contribution >= 0.6 is 22.7 Å². The Morgan fingerprint density at radius 3 is 1.96 bits per heavy atom. The second kappa shape index (κ2) is 11.7. The van der Waals surface area contributed by atoms with E-state index in [2.05, 4.69) is 5.32 Å². The highest BCUT2D eigenvalue weighted by atomic mass is 32.1. The molecule has 2 unspecified atom stereocenters. The number of nitrogens with one attached hydrogen (secondary N) is 1. The van der Waals surface area contributed by atoms with Gasteiger partial charge in [-0.25, -0.2) is 0 Å². The number of aliphatic hydroxyl groups excluding tert-OH is 2. The third-order valence-corrected chi connectivity index (χ3v) is 5.08. The van der Waals surface area contributed by atoms with Crippen LogP contribution in [0.1, 0.15) is 34.8 Å². The molecule has 2 atom stereocenters. The molecule has 0 saturated carbocycles. The SMILES string of the molecule is CN(O)CCC(O)c1cccs1.CNCCC(O)c1cccs1. The molecule has 0 spiro atoms. The Hall–Kier alpha value is -0.800. The van der Waals surface area contributed by atoms with Crippen molar-refractivity contribution in [3.63, 3.8) is 0 Å². The lowest BCUT2D eigenvalue weighted by atomic mass is 10.2. The van der Waals surface area contributed by atoms with Crippen molar-refractivity contribution in [3.8, 4) is 0 Å². The maximum atomic E-state index is 9.53. The number of aliphatic hydroxyl groups is 2. The van der Waals surface area contributed by atoms with Gasteiger partial charge in [-0.1, -0.05) is 12.1 Å². The molecule has 4 N–H and O–H groups in total. The number of hydroxylamine groups is 2. The van der Waals surface area contributed by atoms with Crippen LogP contribution in [0, 0.1) is 0 Å². The fourth-order valence-electron chi connectivity index (χ4n) is 1.84. The summed E-state index contributed by atoms with van der Waals surface area (Å²) in [6, 6.07) is 7.73. The molecular formula is C16H26N2O3S2. The van der Waals surface area contributed by atoms with Crippen LogP contribution in [0.25, 0.3) is 0 Å². The van der Waals surface area contributed by atoms with Gasteiger partial charge in [-0.15, -0.1) is 22.7 Å². The third-order valence-electron chi connectivity index (χ3n) is 3.14. The lowest BCUT2D eigenvalue weighted by molar-refractivity contribution is -0.0721. The Labute approximate surface area is 145 Å². The number of nitrogens with zero attached hydrogens (tertiary/aromatic N) is 1. The fourth-order valence-corrected chi connectivity index (χ4v) is 3.33. The van der Waals surface area contributed by atoms with Gasteiger partial charge in [-0.2, -0.15) is 5.06 Å². The van der Waals surface area contributed by atoms with E-state index in [-0.39, 0.29) is 6.10 Å². The first-order valence-electron chi connectivity index (χ1n) is 7.52. The minimum atomic E-state index is -0.445. The van der Waals surface area contributed by atoms with Gasteiger partial charge in [-0.3, -0.25) is 0 Å². The number of hydrogen-bond acceptors (Lipinski definition) is 7. The van der Waals surface area contributed by atoms with Crippen molar-refractivity contribution in [1.82, 2.24) is 10.4 Å². The molecule has 7 heteroatoms. The molecule has 23 heavy (non-hydrogen) atoms. The minimum Gasteiger partial charge on any atom is -0.388 e. The van der Waals surface area contributed by atoms with E-state index in [4.69, 9.17) is 5.21 Å². The smallest absolute Gasteiger partial charge is 0.0895 e. The summed E-state index contributed by atoms with van der Waals surface area (Å²) >= 11 is 3.14. The zero-order chi connectivity index (χ0) is 17.1. The van der Waals surface area contributed by atoms with Crippen molar-refractivity contribution in [2.45, 2.75) is 25.0 Å². The van der Waals surface area contributed by atoms with Gasteiger partial charge < -0.3 is 20.7 Å². The molecule has 2 aromatic rings. The van der Waals surface area contributed by atoms with Crippen molar-refractivity contribution in [3.05, 3.63) is 44.8 Å². The summed E-state index contributed by atoms with van der Waals surface area (Å²) in [4.78, 5) is 2.01. The highest BCUT2D eigenvalue weighted by Crippen LogP contribution is 2.21. The van der Waals surface area contributed by atoms with Crippen molar-refractivity contribution >= 4 is 22.7 Å². The van der Waals surface area contributed by atoms with E-state index in [0.717, 1.165) is 27.8 Å². The average Bonchev–Trinajstić information content (AvgIpc) is 3.23. The van der Waals surface area contributed by atoms with Gasteiger partial charge in [0.05, 0.1) is 12.2 Å². The standard InChI is InChI=1S/C8H13NO2S.C8H13NOS/c1-9(11)5-4-7(10)8-3-2-6-12-8;1-9-5-4-7(10)8-3-2-6-11-8/h2-3,6-7,10-11H,4-5H2,1H3;2-3,6-7,9-10H,4-5H2,1H3. The summed E-state index contributed by atoms with van der Waals surface area (Å²) in [6.45, 7) is 1.35. The molecule has 0 aliphatic rings. The lowest BCUT2D eigenvalue weighted by Gasteiger charge is -2.11. The van der Waals surface area contributed by atoms with E-state index in [1.54, 1.807) is 18.4 Å². The molecule has 0 fully saturated rings. The van der Waals surface area contributed by atoms with Gasteiger partial charge >= 0.3 is 0 Å². The molecule has 0 radical (unpaired) electrons. The molecule has 0 amide bonds. The Morgan fingerprint density at radius 1 is 1.04 bits per heavy atom. The molecular weight excluding hydrogens is 332 g/mol. The number of thiophene rings is 2. The zero-order valence-corrected chi connectivity index (χ0v) is 15.2. The van der Waals surface area contributed by atoms with Gasteiger partial charge in [0.1, 0.15) is 0 Å². The molecule has 0 aliphatic heterocycles. The summed E-state index contributed by atoms with van der Waals surface area (Å²) in [5.74, 6) is 0. The predicted octanol–water partition coefficient (Wildman–Crippen LogP) is 2.88. The van der Waals surface area contributed by atoms with Crippen LogP contribution in [0.3, 0.4) is 0 Å². The molecule has 2 rings (SSSR count). The Bertz CT molecular complexity index is 489. The van der Waals surface area contributed by atoms with Crippen molar-refractivity contribution in [2.24, 2.45) is 0 Å². The van der Waals surface area contributed by atoms with E-state index in [1.807, 2.05) is 42.1 Å². The topological polar surface area (TPSA) is 76.0 Å². The zero-order valence-electron chi connectivity index (χ0n) is 13.6. The van der Waals surface area contributed by atoms with E-state index < -0.39 is 6.10 Å². The first-order valence-corrected chi connectivity index (χ1v) is 9.28. The van der Waals surface area contributed by atoms with Gasteiger partial charge in [0.15, 0.2) is 0 Å². The molecule has 0 bridgehead atoms. The van der Waals surface area contributed by atoms with Crippen LogP contribution in [0.2, 0.25) is 0 Å². The van der Waals surface area contributed by atoms with E-state index in [1.165, 1.54) is 11.3 Å². The van der Waals surface area contributed by atoms with E-state index in [9.17, 15) is 10.2 Å². The van der Waals surface area contributed by atoms with Crippen LogP contribution in [-0.2, 0) is 0 Å². The molecule has 5 nitrogen and oxygen atoms in total. The van der Waals surface area contributed by atoms with Gasteiger partial charge in [-0.05, 0) is 49.3 Å². The Kier molecular flexibility index (Phi) is 10.3. The summed E-state index contributed by atoms with van der Waals surface area (Å²) in [5.41, 5.74) is 0. The Morgan fingerprint density at radius 2 is 1.57 bits per heavy atom. The van der Waals surface area contributed by atoms with Crippen LogP contribution in [-0.4, -0.2) is 47.7 Å². The van der Waals surface area contributed by atoms with Crippen LogP contribution < -0.4 is 5.32 Å². The molecule has 2 heterocycles. The molecule has 2 aromatic heterocycles. The lowest BCUT2D eigenvalue weighted by Crippen LogP contribution is -2.16. The summed E-state index contributed by atoms with van der Waals surface area (Å²) in [5, 5.41) is 35.9. The molecule has 0 aromatic carbocycles. The number of hydrogen-bond donors (Lipinski definition) is 4. The second-order valence-electron chi connectivity index (χ2n) is 5.12. The average molecular weight is 359 g/mol. The highest BCUT2D eigenvalue weighted by molar-refractivity contribution is 7.10. The van der Waals surface area contributed by atoms with Crippen molar-refractivity contribution in [1.29, 1.82) is 0 Å².